The molecule has 0 spiro atoms. The molecule has 0 bridgehead atoms. The zero-order chi connectivity index (χ0) is 23.2. The first-order valence-electron chi connectivity index (χ1n) is 13.3. The Morgan fingerprint density at radius 3 is 1.61 bits per heavy atom. The standard InChI is InChI=1S/C26H52FNO3/c1-3-5-7-9-10-11-12-13-14-15-17-18-20-23(27)26(31)24(22-29)28-25(30)21-19-16-8-6-4-2/h23-24,26,29,31H,3-22H2,1-2H3,(H,28,30)/t23-,24+,26-/m0/s1. The van der Waals surface area contributed by atoms with Gasteiger partial charge in [0.1, 0.15) is 12.3 Å². The number of carbonyl (C=O) groups excluding carboxylic acids is 1. The predicted molar refractivity (Wildman–Crippen MR) is 129 cm³/mol. The maximum absolute atomic E-state index is 14.4. The second kappa shape index (κ2) is 22.5. The highest BCUT2D eigenvalue weighted by atomic mass is 19.1. The minimum atomic E-state index is -1.41. The minimum absolute atomic E-state index is 0.216. The van der Waals surface area contributed by atoms with Gasteiger partial charge >= 0.3 is 0 Å². The van der Waals surface area contributed by atoms with E-state index in [0.717, 1.165) is 44.9 Å². The van der Waals surface area contributed by atoms with Crippen LogP contribution in [0.2, 0.25) is 0 Å². The molecule has 4 nitrogen and oxygen atoms in total. The van der Waals surface area contributed by atoms with E-state index in [2.05, 4.69) is 19.2 Å². The van der Waals surface area contributed by atoms with Crippen LogP contribution in [-0.2, 0) is 4.79 Å². The third-order valence-electron chi connectivity index (χ3n) is 6.17. The summed E-state index contributed by atoms with van der Waals surface area (Å²) in [5, 5.41) is 22.3. The van der Waals surface area contributed by atoms with Crippen molar-refractivity contribution in [2.75, 3.05) is 6.61 Å². The summed E-state index contributed by atoms with van der Waals surface area (Å²) in [5.41, 5.74) is 0. The van der Waals surface area contributed by atoms with Crippen molar-refractivity contribution in [3.8, 4) is 0 Å². The van der Waals surface area contributed by atoms with Crippen LogP contribution >= 0.6 is 0 Å². The van der Waals surface area contributed by atoms with Gasteiger partial charge in [-0.25, -0.2) is 4.39 Å². The number of amides is 1. The third kappa shape index (κ3) is 18.6. The number of hydrogen-bond donors (Lipinski definition) is 3. The van der Waals surface area contributed by atoms with Crippen molar-refractivity contribution >= 4 is 5.91 Å². The Kier molecular flexibility index (Phi) is 22.0. The van der Waals surface area contributed by atoms with Gasteiger partial charge in [0.2, 0.25) is 5.91 Å². The van der Waals surface area contributed by atoms with Crippen molar-refractivity contribution in [2.24, 2.45) is 0 Å². The number of hydrogen-bond acceptors (Lipinski definition) is 3. The number of carbonyl (C=O) groups is 1. The van der Waals surface area contributed by atoms with Crippen LogP contribution in [0, 0.1) is 0 Å². The molecule has 0 aliphatic carbocycles. The van der Waals surface area contributed by atoms with E-state index in [-0.39, 0.29) is 12.3 Å². The predicted octanol–water partition coefficient (Wildman–Crippen LogP) is 6.61. The quantitative estimate of drug-likeness (QED) is 0.155. The van der Waals surface area contributed by atoms with E-state index in [1.165, 1.54) is 64.2 Å². The molecule has 0 fully saturated rings. The molecule has 0 heterocycles. The Morgan fingerprint density at radius 2 is 1.16 bits per heavy atom. The summed E-state index contributed by atoms with van der Waals surface area (Å²) >= 11 is 0. The molecule has 0 aromatic heterocycles. The van der Waals surface area contributed by atoms with Crippen molar-refractivity contribution in [3.05, 3.63) is 0 Å². The van der Waals surface area contributed by atoms with Gasteiger partial charge in [-0.2, -0.15) is 0 Å². The first-order chi connectivity index (χ1) is 15.1. The van der Waals surface area contributed by atoms with Crippen LogP contribution in [0.15, 0.2) is 0 Å². The van der Waals surface area contributed by atoms with E-state index >= 15 is 0 Å². The van der Waals surface area contributed by atoms with E-state index in [0.29, 0.717) is 6.42 Å². The second-order valence-electron chi connectivity index (χ2n) is 9.21. The highest BCUT2D eigenvalue weighted by molar-refractivity contribution is 5.76. The molecule has 31 heavy (non-hydrogen) atoms. The molecule has 186 valence electrons. The maximum atomic E-state index is 14.4. The summed E-state index contributed by atoms with van der Waals surface area (Å²) in [6, 6.07) is -0.921. The van der Waals surface area contributed by atoms with Crippen molar-refractivity contribution in [1.82, 2.24) is 5.32 Å². The smallest absolute Gasteiger partial charge is 0.220 e. The first-order valence-corrected chi connectivity index (χ1v) is 13.3. The Balaban J connectivity index is 3.76. The molecular formula is C26H52FNO3. The minimum Gasteiger partial charge on any atom is -0.394 e. The number of aliphatic hydroxyl groups is 2. The van der Waals surface area contributed by atoms with E-state index in [9.17, 15) is 19.4 Å². The lowest BCUT2D eigenvalue weighted by molar-refractivity contribution is -0.123. The largest absolute Gasteiger partial charge is 0.394 e. The molecule has 0 unspecified atom stereocenters. The maximum Gasteiger partial charge on any atom is 0.220 e. The average molecular weight is 446 g/mol. The van der Waals surface area contributed by atoms with Gasteiger partial charge in [-0.05, 0) is 12.8 Å². The van der Waals surface area contributed by atoms with Crippen LogP contribution in [0.5, 0.6) is 0 Å². The van der Waals surface area contributed by atoms with Gasteiger partial charge in [-0.15, -0.1) is 0 Å². The summed E-state index contributed by atoms with van der Waals surface area (Å²) in [6.07, 6.45) is 17.7. The zero-order valence-corrected chi connectivity index (χ0v) is 20.6. The van der Waals surface area contributed by atoms with Crippen molar-refractivity contribution in [3.63, 3.8) is 0 Å². The van der Waals surface area contributed by atoms with Crippen LogP contribution in [-0.4, -0.2) is 41.0 Å². The lowest BCUT2D eigenvalue weighted by Gasteiger charge is -2.25. The van der Waals surface area contributed by atoms with Crippen LogP contribution in [0.25, 0.3) is 0 Å². The number of aliphatic hydroxyl groups excluding tert-OH is 2. The summed E-state index contributed by atoms with van der Waals surface area (Å²) in [4.78, 5) is 12.0. The Labute approximate surface area is 191 Å². The Bertz CT molecular complexity index is 395. The Morgan fingerprint density at radius 1 is 0.742 bits per heavy atom. The van der Waals surface area contributed by atoms with Gasteiger partial charge in [0.15, 0.2) is 0 Å². The van der Waals surface area contributed by atoms with Crippen LogP contribution in [0.4, 0.5) is 4.39 Å². The molecule has 3 atom stereocenters. The first kappa shape index (κ1) is 30.3. The molecule has 0 aliphatic rings. The SMILES string of the molecule is CCCCCCCCCCCCCC[C@H](F)[C@H](O)[C@@H](CO)NC(=O)CCCCCCC. The van der Waals surface area contributed by atoms with Crippen LogP contribution in [0.3, 0.4) is 0 Å². The number of rotatable bonds is 23. The molecule has 3 N–H and O–H groups in total. The Hall–Kier alpha value is -0.680. The lowest BCUT2D eigenvalue weighted by Crippen LogP contribution is -2.49. The van der Waals surface area contributed by atoms with Crippen LogP contribution in [0.1, 0.15) is 136 Å². The molecule has 1 amide bonds. The molecule has 0 saturated carbocycles. The molecule has 0 aromatic rings. The number of alkyl halides is 1. The monoisotopic (exact) mass is 445 g/mol. The van der Waals surface area contributed by atoms with E-state index in [1.54, 1.807) is 0 Å². The van der Waals surface area contributed by atoms with Gasteiger partial charge in [-0.1, -0.05) is 117 Å². The van der Waals surface area contributed by atoms with Gasteiger partial charge in [0.05, 0.1) is 12.6 Å². The number of halogens is 1. The molecule has 0 aliphatic heterocycles. The van der Waals surface area contributed by atoms with Gasteiger partial charge in [0.25, 0.3) is 0 Å². The summed E-state index contributed by atoms with van der Waals surface area (Å²) < 4.78 is 14.4. The topological polar surface area (TPSA) is 69.6 Å². The zero-order valence-electron chi connectivity index (χ0n) is 20.6. The normalized spacial score (nSPS) is 14.4. The second-order valence-corrected chi connectivity index (χ2v) is 9.21. The fraction of sp³-hybridized carbons (Fsp3) is 0.962. The van der Waals surface area contributed by atoms with Crippen molar-refractivity contribution in [2.45, 2.75) is 154 Å². The van der Waals surface area contributed by atoms with Crippen molar-refractivity contribution in [1.29, 1.82) is 0 Å². The molecule has 0 saturated heterocycles. The number of unbranched alkanes of at least 4 members (excludes halogenated alkanes) is 15. The van der Waals surface area contributed by atoms with Crippen LogP contribution < -0.4 is 5.32 Å². The van der Waals surface area contributed by atoms with Gasteiger partial charge in [0, 0.05) is 6.42 Å². The fourth-order valence-electron chi connectivity index (χ4n) is 4.01. The molecule has 5 heteroatoms. The van der Waals surface area contributed by atoms with Gasteiger partial charge < -0.3 is 15.5 Å². The van der Waals surface area contributed by atoms with E-state index in [1.807, 2.05) is 0 Å². The summed E-state index contributed by atoms with van der Waals surface area (Å²) in [7, 11) is 0. The highest BCUT2D eigenvalue weighted by Crippen LogP contribution is 2.16. The van der Waals surface area contributed by atoms with E-state index < -0.39 is 24.9 Å². The molecule has 0 aromatic carbocycles. The van der Waals surface area contributed by atoms with E-state index in [4.69, 9.17) is 0 Å². The number of nitrogens with one attached hydrogen (secondary N) is 1. The summed E-state index contributed by atoms with van der Waals surface area (Å²) in [6.45, 7) is 3.94. The molecular weight excluding hydrogens is 393 g/mol. The highest BCUT2D eigenvalue weighted by Gasteiger charge is 2.28. The van der Waals surface area contributed by atoms with Crippen molar-refractivity contribution < 1.29 is 19.4 Å². The van der Waals surface area contributed by atoms with Gasteiger partial charge in [-0.3, -0.25) is 4.79 Å². The summed E-state index contributed by atoms with van der Waals surface area (Å²) in [5.74, 6) is -0.216. The molecule has 0 rings (SSSR count). The fourth-order valence-corrected chi connectivity index (χ4v) is 4.01. The lowest BCUT2D eigenvalue weighted by atomic mass is 10.00. The molecule has 0 radical (unpaired) electrons. The third-order valence-corrected chi connectivity index (χ3v) is 6.17. The average Bonchev–Trinajstić information content (AvgIpc) is 2.77.